The molecule has 10 heavy (non-hydrogen) atoms. The monoisotopic (exact) mass is 160 g/mol. The van der Waals surface area contributed by atoms with Crippen LogP contribution in [0.5, 0.6) is 0 Å². The van der Waals surface area contributed by atoms with E-state index in [0.717, 1.165) is 11.5 Å². The highest BCUT2D eigenvalue weighted by atomic mass is 32.2. The van der Waals surface area contributed by atoms with Crippen molar-refractivity contribution in [2.45, 2.75) is 32.4 Å². The first kappa shape index (κ1) is 9.82. The predicted octanol–water partition coefficient (Wildman–Crippen LogP) is 1.85. The van der Waals surface area contributed by atoms with Crippen molar-refractivity contribution >= 4 is 17.5 Å². The molecular weight excluding hydrogens is 144 g/mol. The Balaban J connectivity index is 3.56. The summed E-state index contributed by atoms with van der Waals surface area (Å²) in [6.45, 7) is 8.49. The Labute approximate surface area is 67.3 Å². The normalized spacial score (nSPS) is 13.8. The number of nitrogens with zero attached hydrogens (tertiary/aromatic N) is 1. The van der Waals surface area contributed by atoms with Gasteiger partial charge in [0.2, 0.25) is 0 Å². The van der Waals surface area contributed by atoms with Crippen molar-refractivity contribution in [1.29, 1.82) is 0 Å². The molecule has 0 saturated heterocycles. The number of hydrogen-bond donors (Lipinski definition) is 1. The van der Waals surface area contributed by atoms with Crippen LogP contribution >= 0.6 is 11.8 Å². The highest BCUT2D eigenvalue weighted by molar-refractivity contribution is 8.01. The van der Waals surface area contributed by atoms with E-state index in [1.165, 1.54) is 0 Å². The molecule has 60 valence electrons. The van der Waals surface area contributed by atoms with Crippen molar-refractivity contribution in [3.63, 3.8) is 0 Å². The minimum Gasteiger partial charge on any atom is -0.323 e. The average molecular weight is 160 g/mol. The lowest BCUT2D eigenvalue weighted by atomic mass is 10.3. The van der Waals surface area contributed by atoms with Gasteiger partial charge in [-0.1, -0.05) is 20.8 Å². The number of thioether (sulfide) groups is 1. The molecule has 0 spiro atoms. The van der Waals surface area contributed by atoms with Crippen molar-refractivity contribution in [3.05, 3.63) is 0 Å². The van der Waals surface area contributed by atoms with Crippen LogP contribution in [0.1, 0.15) is 27.7 Å². The van der Waals surface area contributed by atoms with E-state index in [-0.39, 0.29) is 0 Å². The first-order chi connectivity index (χ1) is 4.45. The summed E-state index contributed by atoms with van der Waals surface area (Å²) in [6, 6.07) is 0. The van der Waals surface area contributed by atoms with Gasteiger partial charge in [0.1, 0.15) is 0 Å². The van der Waals surface area contributed by atoms with Crippen molar-refractivity contribution in [1.82, 2.24) is 0 Å². The van der Waals surface area contributed by atoms with Gasteiger partial charge in [-0.2, -0.15) is 5.10 Å². The van der Waals surface area contributed by atoms with E-state index in [1.807, 2.05) is 18.7 Å². The second-order valence-corrected chi connectivity index (χ2v) is 5.07. The average Bonchev–Trinajstić information content (AvgIpc) is 1.81. The third-order valence-corrected chi connectivity index (χ3v) is 2.36. The number of hydrazone groups is 1. The molecule has 0 aromatic rings. The summed E-state index contributed by atoms with van der Waals surface area (Å²) in [5.41, 5.74) is 1.000. The molecule has 0 heterocycles. The van der Waals surface area contributed by atoms with Crippen LogP contribution in [0.4, 0.5) is 0 Å². The van der Waals surface area contributed by atoms with Gasteiger partial charge in [-0.3, -0.25) is 0 Å². The topological polar surface area (TPSA) is 38.4 Å². The highest BCUT2D eigenvalue weighted by Crippen LogP contribution is 2.22. The first-order valence-corrected chi connectivity index (χ1v) is 4.31. The molecule has 0 radical (unpaired) electrons. The van der Waals surface area contributed by atoms with Gasteiger partial charge in [0.05, 0.1) is 0 Å². The maximum Gasteiger partial charge on any atom is 0.0444 e. The summed E-state index contributed by atoms with van der Waals surface area (Å²) < 4.78 is 0.311. The van der Waals surface area contributed by atoms with Crippen molar-refractivity contribution in [2.24, 2.45) is 10.9 Å². The molecule has 0 amide bonds. The van der Waals surface area contributed by atoms with E-state index < -0.39 is 0 Å². The van der Waals surface area contributed by atoms with Crippen LogP contribution in [0.25, 0.3) is 0 Å². The molecule has 0 saturated carbocycles. The van der Waals surface area contributed by atoms with Gasteiger partial charge < -0.3 is 5.84 Å². The standard InChI is InChI=1S/C7H16N2S/c1-6(9-8)5-10-7(2,3)4/h5,8H2,1-4H3/b9-6+. The number of nitrogens with two attached hydrogens (primary N) is 1. The van der Waals surface area contributed by atoms with Crippen LogP contribution in [-0.2, 0) is 0 Å². The summed E-state index contributed by atoms with van der Waals surface area (Å²) in [6.07, 6.45) is 0. The Morgan fingerprint density at radius 2 is 2.00 bits per heavy atom. The van der Waals surface area contributed by atoms with Gasteiger partial charge in [0.15, 0.2) is 0 Å². The van der Waals surface area contributed by atoms with E-state index in [0.29, 0.717) is 4.75 Å². The highest BCUT2D eigenvalue weighted by Gasteiger charge is 2.10. The summed E-state index contributed by atoms with van der Waals surface area (Å²) in [5.74, 6) is 6.01. The quantitative estimate of drug-likeness (QED) is 0.380. The van der Waals surface area contributed by atoms with Gasteiger partial charge >= 0.3 is 0 Å². The fourth-order valence-electron chi connectivity index (χ4n) is 0.358. The van der Waals surface area contributed by atoms with Crippen molar-refractivity contribution in [2.75, 3.05) is 5.75 Å². The Morgan fingerprint density at radius 1 is 1.50 bits per heavy atom. The van der Waals surface area contributed by atoms with Crippen LogP contribution in [0.2, 0.25) is 0 Å². The Kier molecular flexibility index (Phi) is 3.79. The van der Waals surface area contributed by atoms with Gasteiger partial charge in [0, 0.05) is 16.2 Å². The molecule has 0 rings (SSSR count). The van der Waals surface area contributed by atoms with Crippen LogP contribution in [0, 0.1) is 0 Å². The zero-order chi connectivity index (χ0) is 8.20. The molecule has 3 heteroatoms. The largest absolute Gasteiger partial charge is 0.323 e. The second-order valence-electron chi connectivity index (χ2n) is 3.27. The molecule has 0 aromatic heterocycles. The Morgan fingerprint density at radius 3 is 2.30 bits per heavy atom. The predicted molar refractivity (Wildman–Crippen MR) is 49.5 cm³/mol. The van der Waals surface area contributed by atoms with Gasteiger partial charge in [-0.25, -0.2) is 0 Å². The van der Waals surface area contributed by atoms with Gasteiger partial charge in [-0.05, 0) is 6.92 Å². The molecular formula is C7H16N2S. The maximum absolute atomic E-state index is 5.08. The van der Waals surface area contributed by atoms with E-state index in [2.05, 4.69) is 25.9 Å². The zero-order valence-electron chi connectivity index (χ0n) is 7.14. The lowest BCUT2D eigenvalue weighted by Crippen LogP contribution is -2.12. The molecule has 2 N–H and O–H groups in total. The van der Waals surface area contributed by atoms with Crippen molar-refractivity contribution in [3.8, 4) is 0 Å². The van der Waals surface area contributed by atoms with Crippen LogP contribution in [0.15, 0.2) is 5.10 Å². The SMILES string of the molecule is C/C(CSC(C)(C)C)=N\N. The third kappa shape index (κ3) is 5.95. The molecule has 0 fully saturated rings. The van der Waals surface area contributed by atoms with Crippen LogP contribution < -0.4 is 5.84 Å². The van der Waals surface area contributed by atoms with Crippen LogP contribution in [-0.4, -0.2) is 16.2 Å². The molecule has 0 aromatic carbocycles. The van der Waals surface area contributed by atoms with E-state index in [1.54, 1.807) is 0 Å². The second kappa shape index (κ2) is 3.86. The molecule has 0 aliphatic rings. The van der Waals surface area contributed by atoms with Crippen LogP contribution in [0.3, 0.4) is 0 Å². The number of rotatable bonds is 2. The van der Waals surface area contributed by atoms with Gasteiger partial charge in [-0.15, -0.1) is 11.8 Å². The van der Waals surface area contributed by atoms with Crippen molar-refractivity contribution < 1.29 is 0 Å². The third-order valence-electron chi connectivity index (χ3n) is 0.934. The zero-order valence-corrected chi connectivity index (χ0v) is 7.96. The van der Waals surface area contributed by atoms with E-state index >= 15 is 0 Å². The molecule has 0 aliphatic carbocycles. The Bertz CT molecular complexity index is 124. The summed E-state index contributed by atoms with van der Waals surface area (Å²) in [4.78, 5) is 0. The lowest BCUT2D eigenvalue weighted by molar-refractivity contribution is 0.805. The minimum atomic E-state index is 0.311. The summed E-state index contributed by atoms with van der Waals surface area (Å²) >= 11 is 1.86. The number of hydrogen-bond acceptors (Lipinski definition) is 3. The summed E-state index contributed by atoms with van der Waals surface area (Å²) in [5, 5.41) is 3.59. The fraction of sp³-hybridized carbons (Fsp3) is 0.857. The van der Waals surface area contributed by atoms with Gasteiger partial charge in [0.25, 0.3) is 0 Å². The molecule has 0 atom stereocenters. The van der Waals surface area contributed by atoms with E-state index in [9.17, 15) is 0 Å². The first-order valence-electron chi connectivity index (χ1n) is 3.33. The smallest absolute Gasteiger partial charge is 0.0444 e. The maximum atomic E-state index is 5.08. The molecule has 0 aliphatic heterocycles. The summed E-state index contributed by atoms with van der Waals surface area (Å²) in [7, 11) is 0. The molecule has 0 bridgehead atoms. The van der Waals surface area contributed by atoms with E-state index in [4.69, 9.17) is 5.84 Å². The lowest BCUT2D eigenvalue weighted by Gasteiger charge is -2.16. The molecule has 0 unspecified atom stereocenters. The molecule has 2 nitrogen and oxygen atoms in total. The minimum absolute atomic E-state index is 0.311. The Hall–Kier alpha value is -0.180. The fourth-order valence-corrected chi connectivity index (χ4v) is 1.07.